The molecule has 124 valence electrons. The molecule has 3 heterocycles. The number of piperidine rings is 1. The molecule has 1 aliphatic heterocycles. The quantitative estimate of drug-likeness (QED) is 0.919. The fraction of sp³-hybridized carbons (Fsp3) is 0.538. The highest BCUT2D eigenvalue weighted by atomic mass is 19.4. The van der Waals surface area contributed by atoms with Crippen molar-refractivity contribution in [2.75, 3.05) is 18.4 Å². The lowest BCUT2D eigenvalue weighted by Crippen LogP contribution is -2.38. The van der Waals surface area contributed by atoms with E-state index in [1.807, 2.05) is 0 Å². The zero-order chi connectivity index (χ0) is 16.3. The van der Waals surface area contributed by atoms with Crippen molar-refractivity contribution in [2.24, 2.45) is 0 Å². The first kappa shape index (κ1) is 15.7. The van der Waals surface area contributed by atoms with Crippen LogP contribution in [0.4, 0.5) is 19.0 Å². The van der Waals surface area contributed by atoms with Gasteiger partial charge in [0.25, 0.3) is 0 Å². The number of aromatic nitrogens is 4. The zero-order valence-electron chi connectivity index (χ0n) is 12.1. The topological polar surface area (TPSA) is 80.0 Å². The number of hydrogen-bond acceptors (Lipinski definition) is 7. The first-order valence-corrected chi connectivity index (χ1v) is 7.14. The van der Waals surface area contributed by atoms with E-state index < -0.39 is 11.9 Å². The van der Waals surface area contributed by atoms with E-state index in [0.717, 1.165) is 38.3 Å². The lowest BCUT2D eigenvalue weighted by molar-refractivity contribution is -0.141. The van der Waals surface area contributed by atoms with Crippen molar-refractivity contribution < 1.29 is 17.7 Å². The van der Waals surface area contributed by atoms with Crippen molar-refractivity contribution in [1.29, 1.82) is 0 Å². The number of hydrogen-bond donors (Lipinski definition) is 1. The van der Waals surface area contributed by atoms with Crippen molar-refractivity contribution >= 4 is 5.82 Å². The van der Waals surface area contributed by atoms with E-state index in [1.165, 1.54) is 6.33 Å². The molecule has 0 saturated carbocycles. The maximum absolute atomic E-state index is 12.6. The molecule has 0 spiro atoms. The number of anilines is 1. The Bertz CT molecular complexity index is 625. The van der Waals surface area contributed by atoms with Crippen molar-refractivity contribution in [3.05, 3.63) is 30.3 Å². The van der Waals surface area contributed by atoms with Crippen LogP contribution in [0.3, 0.4) is 0 Å². The maximum Gasteiger partial charge on any atom is 0.433 e. The van der Waals surface area contributed by atoms with Crippen LogP contribution in [-0.2, 0) is 12.7 Å². The fourth-order valence-electron chi connectivity index (χ4n) is 2.49. The van der Waals surface area contributed by atoms with E-state index in [-0.39, 0.29) is 11.9 Å². The lowest BCUT2D eigenvalue weighted by Gasteiger charge is -2.31. The van der Waals surface area contributed by atoms with Crippen LogP contribution in [-0.4, -0.2) is 44.1 Å². The molecular weight excluding hydrogens is 313 g/mol. The van der Waals surface area contributed by atoms with E-state index in [2.05, 4.69) is 30.3 Å². The van der Waals surface area contributed by atoms with Crippen molar-refractivity contribution in [3.63, 3.8) is 0 Å². The Morgan fingerprint density at radius 2 is 1.96 bits per heavy atom. The van der Waals surface area contributed by atoms with Crippen LogP contribution in [0.25, 0.3) is 0 Å². The summed E-state index contributed by atoms with van der Waals surface area (Å²) in [5.74, 6) is 0.754. The number of nitrogens with one attached hydrogen (secondary N) is 1. The minimum Gasteiger partial charge on any atom is -0.367 e. The second kappa shape index (κ2) is 6.49. The molecule has 0 radical (unpaired) electrons. The van der Waals surface area contributed by atoms with Crippen LogP contribution < -0.4 is 5.32 Å². The van der Waals surface area contributed by atoms with Gasteiger partial charge in [0.05, 0.1) is 6.54 Å². The SMILES string of the molecule is FC(F)(F)c1cc(NC2CCN(Cc3ncno3)CC2)ncn1. The van der Waals surface area contributed by atoms with E-state index in [9.17, 15) is 13.2 Å². The standard InChI is InChI=1S/C13H15F3N6O/c14-13(15,16)10-5-11(18-7-17-10)21-9-1-3-22(4-2-9)6-12-19-8-20-23-12/h5,7-9H,1-4,6H2,(H,17,18,21). The van der Waals surface area contributed by atoms with Gasteiger partial charge < -0.3 is 9.84 Å². The van der Waals surface area contributed by atoms with Crippen LogP contribution in [0.5, 0.6) is 0 Å². The van der Waals surface area contributed by atoms with Gasteiger partial charge in [0, 0.05) is 25.2 Å². The summed E-state index contributed by atoms with van der Waals surface area (Å²) in [6.45, 7) is 2.16. The summed E-state index contributed by atoms with van der Waals surface area (Å²) in [4.78, 5) is 13.2. The van der Waals surface area contributed by atoms with Gasteiger partial charge in [-0.05, 0) is 12.8 Å². The van der Waals surface area contributed by atoms with Gasteiger partial charge in [-0.2, -0.15) is 18.2 Å². The Balaban J connectivity index is 1.52. The zero-order valence-corrected chi connectivity index (χ0v) is 12.1. The minimum absolute atomic E-state index is 0.0740. The van der Waals surface area contributed by atoms with Crippen LogP contribution in [0, 0.1) is 0 Å². The number of halogens is 3. The number of likely N-dealkylation sites (tertiary alicyclic amines) is 1. The molecule has 2 aromatic heterocycles. The van der Waals surface area contributed by atoms with Crippen LogP contribution in [0.15, 0.2) is 23.2 Å². The Hall–Kier alpha value is -2.23. The number of alkyl halides is 3. The first-order valence-electron chi connectivity index (χ1n) is 7.14. The second-order valence-corrected chi connectivity index (χ2v) is 5.32. The monoisotopic (exact) mass is 328 g/mol. The molecule has 23 heavy (non-hydrogen) atoms. The molecule has 2 aromatic rings. The highest BCUT2D eigenvalue weighted by molar-refractivity contribution is 5.36. The first-order chi connectivity index (χ1) is 11.0. The molecule has 1 saturated heterocycles. The Kier molecular flexibility index (Phi) is 4.42. The summed E-state index contributed by atoms with van der Waals surface area (Å²) < 4.78 is 42.9. The molecule has 0 atom stereocenters. The van der Waals surface area contributed by atoms with Gasteiger partial charge in [-0.25, -0.2) is 9.97 Å². The molecule has 0 amide bonds. The maximum atomic E-state index is 12.6. The van der Waals surface area contributed by atoms with E-state index in [4.69, 9.17) is 4.52 Å². The summed E-state index contributed by atoms with van der Waals surface area (Å²) in [5, 5.41) is 6.60. The molecular formula is C13H15F3N6O. The average Bonchev–Trinajstić information content (AvgIpc) is 3.02. The Morgan fingerprint density at radius 1 is 1.17 bits per heavy atom. The van der Waals surface area contributed by atoms with Crippen molar-refractivity contribution in [3.8, 4) is 0 Å². The Morgan fingerprint density at radius 3 is 2.61 bits per heavy atom. The van der Waals surface area contributed by atoms with Gasteiger partial charge in [0.2, 0.25) is 5.89 Å². The second-order valence-electron chi connectivity index (χ2n) is 5.32. The van der Waals surface area contributed by atoms with Crippen molar-refractivity contribution in [1.82, 2.24) is 25.0 Å². The summed E-state index contributed by atoms with van der Waals surface area (Å²) in [6, 6.07) is 1.01. The number of nitrogens with zero attached hydrogens (tertiary/aromatic N) is 5. The van der Waals surface area contributed by atoms with Gasteiger partial charge in [-0.3, -0.25) is 4.90 Å². The molecule has 1 fully saturated rings. The van der Waals surface area contributed by atoms with Gasteiger partial charge in [0.15, 0.2) is 6.33 Å². The fourth-order valence-corrected chi connectivity index (χ4v) is 2.49. The summed E-state index contributed by atoms with van der Waals surface area (Å²) >= 11 is 0. The van der Waals surface area contributed by atoms with Crippen LogP contribution in [0.2, 0.25) is 0 Å². The average molecular weight is 328 g/mol. The van der Waals surface area contributed by atoms with Gasteiger partial charge in [-0.15, -0.1) is 0 Å². The predicted molar refractivity (Wildman–Crippen MR) is 73.3 cm³/mol. The smallest absolute Gasteiger partial charge is 0.367 e. The highest BCUT2D eigenvalue weighted by Crippen LogP contribution is 2.28. The molecule has 1 aliphatic rings. The molecule has 0 unspecified atom stereocenters. The molecule has 1 N–H and O–H groups in total. The van der Waals surface area contributed by atoms with Gasteiger partial charge >= 0.3 is 6.18 Å². The van der Waals surface area contributed by atoms with E-state index >= 15 is 0 Å². The van der Waals surface area contributed by atoms with Gasteiger partial charge in [0.1, 0.15) is 17.8 Å². The normalized spacial score (nSPS) is 17.3. The van der Waals surface area contributed by atoms with Crippen molar-refractivity contribution in [2.45, 2.75) is 31.6 Å². The Labute approximate surface area is 129 Å². The summed E-state index contributed by atoms with van der Waals surface area (Å²) in [7, 11) is 0. The minimum atomic E-state index is -4.47. The third kappa shape index (κ3) is 4.15. The third-order valence-electron chi connectivity index (χ3n) is 3.66. The predicted octanol–water partition coefficient (Wildman–Crippen LogP) is 1.95. The van der Waals surface area contributed by atoms with E-state index in [1.54, 1.807) is 0 Å². The number of rotatable bonds is 4. The molecule has 0 aliphatic carbocycles. The molecule has 3 rings (SSSR count). The lowest BCUT2D eigenvalue weighted by atomic mass is 10.1. The highest BCUT2D eigenvalue weighted by Gasteiger charge is 2.33. The summed E-state index contributed by atoms with van der Waals surface area (Å²) in [5.41, 5.74) is -0.941. The largest absolute Gasteiger partial charge is 0.433 e. The van der Waals surface area contributed by atoms with Gasteiger partial charge in [-0.1, -0.05) is 5.16 Å². The molecule has 0 aromatic carbocycles. The molecule has 7 nitrogen and oxygen atoms in total. The van der Waals surface area contributed by atoms with Crippen LogP contribution in [0.1, 0.15) is 24.4 Å². The molecule has 0 bridgehead atoms. The molecule has 10 heteroatoms. The van der Waals surface area contributed by atoms with Crippen LogP contribution >= 0.6 is 0 Å². The summed E-state index contributed by atoms with van der Waals surface area (Å²) in [6.07, 6.45) is -0.599. The van der Waals surface area contributed by atoms with E-state index in [0.29, 0.717) is 12.4 Å². The third-order valence-corrected chi connectivity index (χ3v) is 3.66.